The zero-order chi connectivity index (χ0) is 18.0. The Morgan fingerprint density at radius 2 is 2.00 bits per heavy atom. The molecule has 3 rings (SSSR count). The minimum absolute atomic E-state index is 0.145. The van der Waals surface area contributed by atoms with E-state index >= 15 is 0 Å². The highest BCUT2D eigenvalue weighted by molar-refractivity contribution is 7.15. The van der Waals surface area contributed by atoms with E-state index in [-0.39, 0.29) is 18.1 Å². The molecule has 0 unspecified atom stereocenters. The Bertz CT molecular complexity index is 817. The molecule has 2 amide bonds. The highest BCUT2D eigenvalue weighted by atomic mass is 32.1. The zero-order valence-corrected chi connectivity index (χ0v) is 14.7. The Kier molecular flexibility index (Phi) is 4.75. The molecule has 2 heterocycles. The second-order valence-corrected chi connectivity index (χ2v) is 6.91. The zero-order valence-electron chi connectivity index (χ0n) is 13.8. The molecule has 0 fully saturated rings. The summed E-state index contributed by atoms with van der Waals surface area (Å²) in [6.07, 6.45) is 0.145. The first kappa shape index (κ1) is 17.0. The van der Waals surface area contributed by atoms with E-state index in [1.54, 1.807) is 12.1 Å². The quantitative estimate of drug-likeness (QED) is 0.845. The summed E-state index contributed by atoms with van der Waals surface area (Å²) in [5, 5.41) is 17.7. The number of carbonyl (C=O) groups is 2. The van der Waals surface area contributed by atoms with Gasteiger partial charge in [-0.2, -0.15) is 5.10 Å². The molecular weight excluding hydrogens is 340 g/mol. The number of primary amides is 1. The minimum Gasteiger partial charge on any atom is -0.368 e. The number of para-hydroxylation sites is 1. The smallest absolute Gasteiger partial charge is 0.273 e. The van der Waals surface area contributed by atoms with Gasteiger partial charge in [0.15, 0.2) is 0 Å². The van der Waals surface area contributed by atoms with Crippen molar-refractivity contribution in [3.63, 3.8) is 0 Å². The second-order valence-electron chi connectivity index (χ2n) is 5.90. The summed E-state index contributed by atoms with van der Waals surface area (Å²) in [7, 11) is 0. The number of hydrogen-bond donors (Lipinski definition) is 2. The number of anilines is 2. The number of benzene rings is 1. The van der Waals surface area contributed by atoms with Gasteiger partial charge in [0.05, 0.1) is 5.69 Å². The van der Waals surface area contributed by atoms with Gasteiger partial charge in [-0.25, -0.2) is 0 Å². The van der Waals surface area contributed by atoms with Crippen molar-refractivity contribution in [2.75, 3.05) is 10.3 Å². The van der Waals surface area contributed by atoms with E-state index in [4.69, 9.17) is 5.73 Å². The third-order valence-electron chi connectivity index (χ3n) is 3.68. The van der Waals surface area contributed by atoms with E-state index in [1.165, 1.54) is 16.3 Å². The predicted molar refractivity (Wildman–Crippen MR) is 96.6 cm³/mol. The van der Waals surface area contributed by atoms with Gasteiger partial charge in [-0.1, -0.05) is 43.4 Å². The van der Waals surface area contributed by atoms with E-state index < -0.39 is 17.9 Å². The molecule has 1 aliphatic rings. The first-order valence-corrected chi connectivity index (χ1v) is 8.63. The first-order valence-electron chi connectivity index (χ1n) is 7.81. The maximum Gasteiger partial charge on any atom is 0.273 e. The van der Waals surface area contributed by atoms with Gasteiger partial charge in [-0.3, -0.25) is 19.9 Å². The number of nitrogens with one attached hydrogen (secondary N) is 1. The van der Waals surface area contributed by atoms with Crippen LogP contribution in [-0.2, 0) is 9.59 Å². The summed E-state index contributed by atoms with van der Waals surface area (Å²) in [5.41, 5.74) is 6.40. The lowest BCUT2D eigenvalue weighted by Gasteiger charge is -2.20. The van der Waals surface area contributed by atoms with Crippen molar-refractivity contribution in [2.24, 2.45) is 10.8 Å². The number of nitrogens with zero attached hydrogens (tertiary/aromatic N) is 4. The van der Waals surface area contributed by atoms with E-state index in [0.29, 0.717) is 10.8 Å². The number of hydrogen-bond acceptors (Lipinski definition) is 7. The molecule has 0 bridgehead atoms. The topological polar surface area (TPSA) is 114 Å². The van der Waals surface area contributed by atoms with Crippen LogP contribution in [0, 0.1) is 0 Å². The summed E-state index contributed by atoms with van der Waals surface area (Å²) in [5.74, 6) is -0.704. The molecule has 2 aromatic rings. The lowest BCUT2D eigenvalue weighted by atomic mass is 10.1. The molecular formula is C16H18N6O2S. The molecule has 25 heavy (non-hydrogen) atoms. The van der Waals surface area contributed by atoms with Gasteiger partial charge < -0.3 is 5.73 Å². The van der Waals surface area contributed by atoms with E-state index in [1.807, 2.05) is 32.0 Å². The fourth-order valence-electron chi connectivity index (χ4n) is 2.38. The van der Waals surface area contributed by atoms with Crippen molar-refractivity contribution in [2.45, 2.75) is 32.2 Å². The Hall–Kier alpha value is -2.81. The highest BCUT2D eigenvalue weighted by Crippen LogP contribution is 2.26. The van der Waals surface area contributed by atoms with Crippen LogP contribution in [-0.4, -0.2) is 33.8 Å². The fraction of sp³-hybridized carbons (Fsp3) is 0.312. The maximum atomic E-state index is 12.5. The summed E-state index contributed by atoms with van der Waals surface area (Å²) >= 11 is 1.32. The van der Waals surface area contributed by atoms with Gasteiger partial charge in [0.25, 0.3) is 5.91 Å². The number of amides is 2. The molecule has 0 saturated heterocycles. The molecule has 0 saturated carbocycles. The average Bonchev–Trinajstić information content (AvgIpc) is 3.22. The second kappa shape index (κ2) is 6.98. The number of hydrazone groups is 1. The lowest BCUT2D eigenvalue weighted by Crippen LogP contribution is -2.39. The van der Waals surface area contributed by atoms with Crippen molar-refractivity contribution < 1.29 is 9.59 Å². The van der Waals surface area contributed by atoms with Crippen molar-refractivity contribution in [3.8, 4) is 0 Å². The summed E-state index contributed by atoms with van der Waals surface area (Å²) in [4.78, 5) is 24.2. The van der Waals surface area contributed by atoms with Crippen LogP contribution in [0.1, 0.15) is 31.2 Å². The molecule has 0 spiro atoms. The average molecular weight is 358 g/mol. The third-order valence-corrected chi connectivity index (χ3v) is 4.82. The van der Waals surface area contributed by atoms with Gasteiger partial charge in [0.2, 0.25) is 11.0 Å². The van der Waals surface area contributed by atoms with Crippen molar-refractivity contribution in [3.05, 3.63) is 35.3 Å². The van der Waals surface area contributed by atoms with Gasteiger partial charge in [-0.15, -0.1) is 10.2 Å². The molecule has 9 heteroatoms. The van der Waals surface area contributed by atoms with E-state index in [9.17, 15) is 9.59 Å². The Balaban J connectivity index is 1.78. The Labute approximate surface area is 148 Å². The molecule has 0 radical (unpaired) electrons. The van der Waals surface area contributed by atoms with Crippen LogP contribution in [0.5, 0.6) is 0 Å². The third kappa shape index (κ3) is 3.66. The van der Waals surface area contributed by atoms with Crippen LogP contribution >= 0.6 is 11.3 Å². The summed E-state index contributed by atoms with van der Waals surface area (Å²) in [6.45, 7) is 4.00. The minimum atomic E-state index is -0.691. The monoisotopic (exact) mass is 358 g/mol. The molecule has 1 aromatic heterocycles. The maximum absolute atomic E-state index is 12.5. The predicted octanol–water partition coefficient (Wildman–Crippen LogP) is 1.72. The fourth-order valence-corrected chi connectivity index (χ4v) is 3.12. The Morgan fingerprint density at radius 3 is 2.60 bits per heavy atom. The largest absolute Gasteiger partial charge is 0.368 e. The van der Waals surface area contributed by atoms with Crippen molar-refractivity contribution in [1.82, 2.24) is 10.2 Å². The number of aromatic nitrogens is 2. The van der Waals surface area contributed by atoms with E-state index in [0.717, 1.165) is 5.01 Å². The standard InChI is InChI=1S/C16H18N6O2S/c1-9(2)15-19-20-16(25-15)18-14(24)11-8-12(13(17)23)22(21-11)10-6-4-3-5-7-10/h3-7,9,12H,8H2,1-2H3,(H2,17,23)(H,18,20,24)/t12-/m0/s1. The molecule has 130 valence electrons. The van der Waals surface area contributed by atoms with Crippen LogP contribution in [0.3, 0.4) is 0 Å². The van der Waals surface area contributed by atoms with Crippen LogP contribution in [0.25, 0.3) is 0 Å². The van der Waals surface area contributed by atoms with Gasteiger partial charge in [-0.05, 0) is 12.1 Å². The van der Waals surface area contributed by atoms with Gasteiger partial charge in [0.1, 0.15) is 16.8 Å². The SMILES string of the molecule is CC(C)c1nnc(NC(=O)C2=NN(c3ccccc3)[C@H](C(N)=O)C2)s1. The molecule has 1 aliphatic heterocycles. The molecule has 3 N–H and O–H groups in total. The van der Waals surface area contributed by atoms with Crippen LogP contribution in [0.2, 0.25) is 0 Å². The summed E-state index contributed by atoms with van der Waals surface area (Å²) < 4.78 is 0. The number of nitrogens with two attached hydrogens (primary N) is 1. The van der Waals surface area contributed by atoms with Crippen molar-refractivity contribution in [1.29, 1.82) is 0 Å². The van der Waals surface area contributed by atoms with Gasteiger partial charge in [0, 0.05) is 12.3 Å². The highest BCUT2D eigenvalue weighted by Gasteiger charge is 2.35. The van der Waals surface area contributed by atoms with Gasteiger partial charge >= 0.3 is 0 Å². The van der Waals surface area contributed by atoms with Crippen LogP contribution in [0.15, 0.2) is 35.4 Å². The number of rotatable bonds is 5. The normalized spacial score (nSPS) is 16.8. The summed E-state index contributed by atoms with van der Waals surface area (Å²) in [6, 6.07) is 8.44. The van der Waals surface area contributed by atoms with Crippen LogP contribution < -0.4 is 16.1 Å². The molecule has 1 atom stereocenters. The molecule has 0 aliphatic carbocycles. The van der Waals surface area contributed by atoms with Crippen LogP contribution in [0.4, 0.5) is 10.8 Å². The first-order chi connectivity index (χ1) is 12.0. The lowest BCUT2D eigenvalue weighted by molar-refractivity contribution is -0.119. The van der Waals surface area contributed by atoms with Crippen molar-refractivity contribution >= 4 is 39.7 Å². The number of carbonyl (C=O) groups excluding carboxylic acids is 2. The molecule has 1 aromatic carbocycles. The Morgan fingerprint density at radius 1 is 1.28 bits per heavy atom. The van der Waals surface area contributed by atoms with E-state index in [2.05, 4.69) is 20.6 Å². The molecule has 8 nitrogen and oxygen atoms in total.